The summed E-state index contributed by atoms with van der Waals surface area (Å²) in [5, 5.41) is 16.0. The third-order valence-electron chi connectivity index (χ3n) is 4.33. The minimum atomic E-state index is -4.27. The van der Waals surface area contributed by atoms with E-state index in [4.69, 9.17) is 16.9 Å². The van der Waals surface area contributed by atoms with Gasteiger partial charge in [-0.3, -0.25) is 9.82 Å². The molecule has 4 rings (SSSR count). The maximum atomic E-state index is 14.9. The number of nitrogens with zero attached hydrogens (tertiary/aromatic N) is 3. The fraction of sp³-hybridized carbons (Fsp3) is 0. The van der Waals surface area contributed by atoms with Crippen LogP contribution in [0.1, 0.15) is 16.7 Å². The van der Waals surface area contributed by atoms with Gasteiger partial charge in [0.1, 0.15) is 11.9 Å². The van der Waals surface area contributed by atoms with Crippen molar-refractivity contribution >= 4 is 38.3 Å². The minimum absolute atomic E-state index is 0.0790. The quantitative estimate of drug-likeness (QED) is 0.441. The summed E-state index contributed by atoms with van der Waals surface area (Å²) in [7, 11) is -4.27. The lowest BCUT2D eigenvalue weighted by atomic mass is 10.1. The molecule has 7 nitrogen and oxygen atoms in total. The molecule has 158 valence electrons. The smallest absolute Gasteiger partial charge is 0.262 e. The molecule has 2 heterocycles. The number of aromatic nitrogens is 3. The molecular formula is C21H10ClF2N5O2S. The zero-order chi connectivity index (χ0) is 22.9. The van der Waals surface area contributed by atoms with Crippen LogP contribution in [0, 0.1) is 34.8 Å². The number of halogens is 3. The average molecular weight is 470 g/mol. The number of nitrogens with one attached hydrogen (secondary N) is 2. The van der Waals surface area contributed by atoms with E-state index in [1.54, 1.807) is 6.07 Å². The first-order valence-electron chi connectivity index (χ1n) is 8.80. The van der Waals surface area contributed by atoms with Crippen LogP contribution >= 0.6 is 11.6 Å². The number of nitriles is 1. The number of hydrogen-bond donors (Lipinski definition) is 2. The first-order chi connectivity index (χ1) is 15.3. The summed E-state index contributed by atoms with van der Waals surface area (Å²) >= 11 is 5.88. The van der Waals surface area contributed by atoms with Crippen LogP contribution in [-0.4, -0.2) is 23.6 Å². The minimum Gasteiger partial charge on any atom is -0.277 e. The van der Waals surface area contributed by atoms with Crippen LogP contribution < -0.4 is 4.72 Å². The van der Waals surface area contributed by atoms with Crippen LogP contribution in [0.25, 0.3) is 11.0 Å². The molecule has 4 aromatic rings. The van der Waals surface area contributed by atoms with Crippen LogP contribution in [0.4, 0.5) is 14.5 Å². The van der Waals surface area contributed by atoms with E-state index < -0.39 is 32.9 Å². The predicted octanol–water partition coefficient (Wildman–Crippen LogP) is 3.96. The van der Waals surface area contributed by atoms with Crippen LogP contribution in [0.15, 0.2) is 53.7 Å². The van der Waals surface area contributed by atoms with Gasteiger partial charge in [-0.15, -0.1) is 0 Å². The second-order valence-corrected chi connectivity index (χ2v) is 8.51. The highest BCUT2D eigenvalue weighted by atomic mass is 35.5. The molecule has 0 amide bonds. The Morgan fingerprint density at radius 2 is 1.91 bits per heavy atom. The number of sulfonamides is 1. The number of fused-ring (bicyclic) bond motifs is 1. The lowest BCUT2D eigenvalue weighted by molar-refractivity contribution is 0.578. The molecule has 0 aliphatic rings. The molecule has 0 unspecified atom stereocenters. The van der Waals surface area contributed by atoms with Gasteiger partial charge in [-0.2, -0.15) is 10.4 Å². The van der Waals surface area contributed by atoms with Crippen molar-refractivity contribution in [2.75, 3.05) is 4.72 Å². The molecule has 0 aliphatic heterocycles. The van der Waals surface area contributed by atoms with Crippen LogP contribution in [-0.2, 0) is 10.0 Å². The van der Waals surface area contributed by atoms with E-state index in [1.165, 1.54) is 18.5 Å². The summed E-state index contributed by atoms with van der Waals surface area (Å²) in [4.78, 5) is 3.79. The van der Waals surface area contributed by atoms with Gasteiger partial charge in [-0.25, -0.2) is 22.2 Å². The van der Waals surface area contributed by atoms with Crippen molar-refractivity contribution in [2.45, 2.75) is 4.90 Å². The SMILES string of the molecule is N#Cc1ccc(S(=O)(=O)Nc2ccc(F)c(C#Cc3cnc4[nH]ncc4c3)c2F)cc1Cl. The fourth-order valence-corrected chi connectivity index (χ4v) is 4.12. The monoisotopic (exact) mass is 469 g/mol. The van der Waals surface area contributed by atoms with E-state index in [9.17, 15) is 17.2 Å². The lowest BCUT2D eigenvalue weighted by Crippen LogP contribution is -2.15. The molecule has 0 bridgehead atoms. The molecule has 32 heavy (non-hydrogen) atoms. The molecule has 2 N–H and O–H groups in total. The number of aromatic amines is 1. The molecule has 2 aromatic carbocycles. The Morgan fingerprint density at radius 3 is 2.66 bits per heavy atom. The number of anilines is 1. The number of rotatable bonds is 3. The average Bonchev–Trinajstić information content (AvgIpc) is 3.23. The highest BCUT2D eigenvalue weighted by Gasteiger charge is 2.20. The summed E-state index contributed by atoms with van der Waals surface area (Å²) in [6.45, 7) is 0. The van der Waals surface area contributed by atoms with Crippen LogP contribution in [0.5, 0.6) is 0 Å². The Balaban J connectivity index is 1.68. The van der Waals surface area contributed by atoms with Gasteiger partial charge in [0.15, 0.2) is 11.5 Å². The second kappa shape index (κ2) is 8.27. The van der Waals surface area contributed by atoms with E-state index in [0.717, 1.165) is 24.3 Å². The Labute approximate surface area is 185 Å². The molecule has 0 saturated heterocycles. The zero-order valence-electron chi connectivity index (χ0n) is 15.8. The Bertz CT molecular complexity index is 1580. The predicted molar refractivity (Wildman–Crippen MR) is 113 cm³/mol. The first-order valence-corrected chi connectivity index (χ1v) is 10.7. The Kier molecular flexibility index (Phi) is 5.49. The van der Waals surface area contributed by atoms with Gasteiger partial charge in [-0.1, -0.05) is 23.4 Å². The van der Waals surface area contributed by atoms with Crippen molar-refractivity contribution in [3.8, 4) is 17.9 Å². The summed E-state index contributed by atoms with van der Waals surface area (Å²) in [5.74, 6) is 2.85. The summed E-state index contributed by atoms with van der Waals surface area (Å²) in [5.41, 5.74) is -0.114. The van der Waals surface area contributed by atoms with Gasteiger partial charge in [-0.05, 0) is 36.4 Å². The van der Waals surface area contributed by atoms with E-state index in [1.807, 2.05) is 6.07 Å². The maximum absolute atomic E-state index is 14.9. The normalized spacial score (nSPS) is 10.9. The van der Waals surface area contributed by atoms with Crippen molar-refractivity contribution < 1.29 is 17.2 Å². The van der Waals surface area contributed by atoms with Crippen molar-refractivity contribution in [1.82, 2.24) is 15.2 Å². The Hall–Kier alpha value is -3.99. The highest BCUT2D eigenvalue weighted by Crippen LogP contribution is 2.26. The molecule has 2 aromatic heterocycles. The maximum Gasteiger partial charge on any atom is 0.262 e. The summed E-state index contributed by atoms with van der Waals surface area (Å²) in [6.07, 6.45) is 2.93. The van der Waals surface area contributed by atoms with Crippen LogP contribution in [0.2, 0.25) is 5.02 Å². The van der Waals surface area contributed by atoms with E-state index in [-0.39, 0.29) is 15.5 Å². The molecule has 0 atom stereocenters. The van der Waals surface area contributed by atoms with Crippen molar-refractivity contribution in [1.29, 1.82) is 5.26 Å². The van der Waals surface area contributed by atoms with Gasteiger partial charge in [0, 0.05) is 17.1 Å². The molecule has 0 saturated carbocycles. The van der Waals surface area contributed by atoms with Crippen molar-refractivity contribution in [3.63, 3.8) is 0 Å². The molecule has 11 heteroatoms. The molecule has 0 radical (unpaired) electrons. The van der Waals surface area contributed by atoms with E-state index >= 15 is 0 Å². The third-order valence-corrected chi connectivity index (χ3v) is 6.01. The van der Waals surface area contributed by atoms with Crippen LogP contribution in [0.3, 0.4) is 0 Å². The standard InChI is InChI=1S/C21H10ClF2N5O2S/c22-17-8-15(3-2-13(17)9-25)32(30,31)29-19-6-5-18(23)16(20(19)24)4-1-12-7-14-11-27-28-21(14)26-10-12/h2-3,5-8,10-11,29H,(H,26,27,28). The number of benzene rings is 2. The first kappa shape index (κ1) is 21.2. The lowest BCUT2D eigenvalue weighted by Gasteiger charge is -2.11. The third kappa shape index (κ3) is 4.10. The largest absolute Gasteiger partial charge is 0.277 e. The summed E-state index contributed by atoms with van der Waals surface area (Å²) < 4.78 is 56.4. The number of hydrogen-bond acceptors (Lipinski definition) is 5. The van der Waals surface area contributed by atoms with E-state index in [0.29, 0.717) is 16.6 Å². The number of H-pyrrole nitrogens is 1. The van der Waals surface area contributed by atoms with Gasteiger partial charge in [0.05, 0.1) is 32.9 Å². The molecular weight excluding hydrogens is 460 g/mol. The van der Waals surface area contributed by atoms with Gasteiger partial charge < -0.3 is 0 Å². The molecule has 0 aliphatic carbocycles. The Morgan fingerprint density at radius 1 is 1.09 bits per heavy atom. The van der Waals surface area contributed by atoms with E-state index in [2.05, 4.69) is 31.7 Å². The fourth-order valence-electron chi connectivity index (χ4n) is 2.74. The molecule has 0 spiro atoms. The van der Waals surface area contributed by atoms with Crippen molar-refractivity contribution in [2.24, 2.45) is 0 Å². The van der Waals surface area contributed by atoms with Crippen molar-refractivity contribution in [3.05, 3.63) is 82.1 Å². The summed E-state index contributed by atoms with van der Waals surface area (Å²) in [6, 6.07) is 8.71. The number of pyridine rings is 1. The molecule has 0 fully saturated rings. The van der Waals surface area contributed by atoms with Gasteiger partial charge >= 0.3 is 0 Å². The van der Waals surface area contributed by atoms with Gasteiger partial charge in [0.25, 0.3) is 10.0 Å². The zero-order valence-corrected chi connectivity index (χ0v) is 17.4. The van der Waals surface area contributed by atoms with Gasteiger partial charge in [0.2, 0.25) is 0 Å². The second-order valence-electron chi connectivity index (χ2n) is 6.42. The topological polar surface area (TPSA) is 112 Å². The highest BCUT2D eigenvalue weighted by molar-refractivity contribution is 7.92.